The van der Waals surface area contributed by atoms with Gasteiger partial charge in [-0.2, -0.15) is 0 Å². The number of hydrogen-bond acceptors (Lipinski definition) is 3. The number of anilines is 1. The zero-order valence-corrected chi connectivity index (χ0v) is 13.9. The van der Waals surface area contributed by atoms with E-state index in [0.717, 1.165) is 44.2 Å². The molecule has 1 aliphatic heterocycles. The summed E-state index contributed by atoms with van der Waals surface area (Å²) in [4.78, 5) is 16.5. The van der Waals surface area contributed by atoms with E-state index in [0.29, 0.717) is 0 Å². The number of hydrogen-bond donors (Lipinski definition) is 1. The fourth-order valence-electron chi connectivity index (χ4n) is 2.82. The van der Waals surface area contributed by atoms with Crippen LogP contribution in [0.5, 0.6) is 5.75 Å². The molecule has 0 atom stereocenters. The van der Waals surface area contributed by atoms with E-state index in [9.17, 15) is 4.79 Å². The van der Waals surface area contributed by atoms with Gasteiger partial charge in [0, 0.05) is 38.4 Å². The number of amides is 2. The Morgan fingerprint density at radius 2 is 1.67 bits per heavy atom. The summed E-state index contributed by atoms with van der Waals surface area (Å²) in [5, 5.41) is 2.94. The van der Waals surface area contributed by atoms with Crippen LogP contribution in [0.25, 0.3) is 0 Å². The van der Waals surface area contributed by atoms with Crippen molar-refractivity contribution in [2.75, 3.05) is 38.6 Å². The zero-order chi connectivity index (χ0) is 16.8. The highest BCUT2D eigenvalue weighted by Crippen LogP contribution is 2.14. The average molecular weight is 325 g/mol. The molecule has 2 aromatic carbocycles. The first-order chi connectivity index (χ1) is 11.7. The molecule has 24 heavy (non-hydrogen) atoms. The van der Waals surface area contributed by atoms with E-state index in [1.165, 1.54) is 5.56 Å². The molecule has 1 fully saturated rings. The van der Waals surface area contributed by atoms with Gasteiger partial charge in [-0.15, -0.1) is 0 Å². The average Bonchev–Trinajstić information content (AvgIpc) is 2.64. The van der Waals surface area contributed by atoms with Crippen molar-refractivity contribution in [3.63, 3.8) is 0 Å². The van der Waals surface area contributed by atoms with Crippen LogP contribution in [-0.2, 0) is 6.54 Å². The van der Waals surface area contributed by atoms with Gasteiger partial charge in [0.2, 0.25) is 0 Å². The Balaban J connectivity index is 1.47. The Kier molecular flexibility index (Phi) is 5.33. The molecule has 0 unspecified atom stereocenters. The molecule has 0 radical (unpaired) electrons. The van der Waals surface area contributed by atoms with Crippen LogP contribution >= 0.6 is 0 Å². The minimum atomic E-state index is -0.0229. The Morgan fingerprint density at radius 3 is 2.29 bits per heavy atom. The molecule has 5 nitrogen and oxygen atoms in total. The van der Waals surface area contributed by atoms with Crippen molar-refractivity contribution >= 4 is 11.7 Å². The van der Waals surface area contributed by atoms with Crippen molar-refractivity contribution in [1.29, 1.82) is 0 Å². The summed E-state index contributed by atoms with van der Waals surface area (Å²) < 4.78 is 5.18. The van der Waals surface area contributed by atoms with Gasteiger partial charge in [0.15, 0.2) is 0 Å². The molecule has 0 saturated carbocycles. The summed E-state index contributed by atoms with van der Waals surface area (Å²) >= 11 is 0. The van der Waals surface area contributed by atoms with E-state index in [4.69, 9.17) is 4.74 Å². The number of para-hydroxylation sites is 1. The smallest absolute Gasteiger partial charge is 0.321 e. The molecule has 0 aliphatic carbocycles. The first-order valence-corrected chi connectivity index (χ1v) is 8.21. The molecule has 1 aliphatic rings. The van der Waals surface area contributed by atoms with Gasteiger partial charge in [-0.1, -0.05) is 30.3 Å². The van der Waals surface area contributed by atoms with Gasteiger partial charge in [0.05, 0.1) is 7.11 Å². The largest absolute Gasteiger partial charge is 0.497 e. The van der Waals surface area contributed by atoms with Gasteiger partial charge in [0.1, 0.15) is 5.75 Å². The van der Waals surface area contributed by atoms with Gasteiger partial charge in [-0.3, -0.25) is 4.90 Å². The third-order valence-electron chi connectivity index (χ3n) is 4.25. The van der Waals surface area contributed by atoms with E-state index < -0.39 is 0 Å². The second-order valence-corrected chi connectivity index (χ2v) is 5.91. The van der Waals surface area contributed by atoms with E-state index >= 15 is 0 Å². The Labute approximate surface area is 142 Å². The number of nitrogens with one attached hydrogen (secondary N) is 1. The molecule has 3 rings (SSSR count). The third kappa shape index (κ3) is 4.26. The quantitative estimate of drug-likeness (QED) is 0.940. The molecule has 5 heteroatoms. The number of carbonyl (C=O) groups excluding carboxylic acids is 1. The zero-order valence-electron chi connectivity index (χ0n) is 13.9. The lowest BCUT2D eigenvalue weighted by atomic mass is 10.2. The topological polar surface area (TPSA) is 44.8 Å². The number of rotatable bonds is 4. The minimum absolute atomic E-state index is 0.0229. The molecular formula is C19H23N3O2. The molecule has 126 valence electrons. The van der Waals surface area contributed by atoms with Gasteiger partial charge in [0.25, 0.3) is 0 Å². The lowest BCUT2D eigenvalue weighted by Crippen LogP contribution is -2.49. The van der Waals surface area contributed by atoms with Crippen LogP contribution in [0.1, 0.15) is 5.56 Å². The minimum Gasteiger partial charge on any atom is -0.497 e. The summed E-state index contributed by atoms with van der Waals surface area (Å²) in [5.74, 6) is 0.876. The number of nitrogens with zero attached hydrogens (tertiary/aromatic N) is 2. The maximum Gasteiger partial charge on any atom is 0.321 e. The third-order valence-corrected chi connectivity index (χ3v) is 4.25. The van der Waals surface area contributed by atoms with Crippen LogP contribution in [0.4, 0.5) is 10.5 Å². The van der Waals surface area contributed by atoms with Crippen LogP contribution in [0.3, 0.4) is 0 Å². The Hall–Kier alpha value is -2.53. The Morgan fingerprint density at radius 1 is 1.00 bits per heavy atom. The number of urea groups is 1. The van der Waals surface area contributed by atoms with Gasteiger partial charge in [-0.05, 0) is 29.8 Å². The predicted octanol–water partition coefficient (Wildman–Crippen LogP) is 3.04. The van der Waals surface area contributed by atoms with Crippen molar-refractivity contribution in [2.45, 2.75) is 6.54 Å². The number of ether oxygens (including phenoxy) is 1. The molecule has 0 bridgehead atoms. The first kappa shape index (κ1) is 16.3. The fraction of sp³-hybridized carbons (Fsp3) is 0.316. The van der Waals surface area contributed by atoms with Gasteiger partial charge in [-0.25, -0.2) is 4.79 Å². The van der Waals surface area contributed by atoms with E-state index in [-0.39, 0.29) is 6.03 Å². The molecule has 2 aromatic rings. The number of benzene rings is 2. The van der Waals surface area contributed by atoms with E-state index in [1.807, 2.05) is 47.4 Å². The van der Waals surface area contributed by atoms with Gasteiger partial charge < -0.3 is 15.0 Å². The molecule has 1 heterocycles. The highest BCUT2D eigenvalue weighted by atomic mass is 16.5. The van der Waals surface area contributed by atoms with Crippen molar-refractivity contribution in [1.82, 2.24) is 9.80 Å². The lowest BCUT2D eigenvalue weighted by molar-refractivity contribution is 0.143. The molecule has 1 N–H and O–H groups in total. The first-order valence-electron chi connectivity index (χ1n) is 8.21. The van der Waals surface area contributed by atoms with E-state index in [1.54, 1.807) is 7.11 Å². The summed E-state index contributed by atoms with van der Waals surface area (Å²) in [5.41, 5.74) is 2.10. The van der Waals surface area contributed by atoms with Crippen molar-refractivity contribution in [2.24, 2.45) is 0 Å². The highest BCUT2D eigenvalue weighted by molar-refractivity contribution is 5.89. The van der Waals surface area contributed by atoms with Gasteiger partial charge >= 0.3 is 6.03 Å². The monoisotopic (exact) mass is 325 g/mol. The summed E-state index contributed by atoms with van der Waals surface area (Å²) in [7, 11) is 1.68. The second kappa shape index (κ2) is 7.84. The number of piperazine rings is 1. The molecule has 2 amide bonds. The fourth-order valence-corrected chi connectivity index (χ4v) is 2.82. The van der Waals surface area contributed by atoms with Crippen molar-refractivity contribution in [3.05, 3.63) is 60.2 Å². The predicted molar refractivity (Wildman–Crippen MR) is 95.3 cm³/mol. The standard InChI is InChI=1S/C19H23N3O2/c1-24-18-9-7-16(8-10-18)15-21-11-13-22(14-12-21)19(23)20-17-5-3-2-4-6-17/h2-10H,11-15H2,1H3,(H,20,23). The normalized spacial score (nSPS) is 15.1. The highest BCUT2D eigenvalue weighted by Gasteiger charge is 2.21. The lowest BCUT2D eigenvalue weighted by Gasteiger charge is -2.34. The van der Waals surface area contributed by atoms with Crippen LogP contribution in [0.2, 0.25) is 0 Å². The second-order valence-electron chi connectivity index (χ2n) is 5.91. The molecule has 1 saturated heterocycles. The maximum absolute atomic E-state index is 12.3. The molecule has 0 aromatic heterocycles. The van der Waals surface area contributed by atoms with Crippen LogP contribution in [-0.4, -0.2) is 49.1 Å². The Bertz CT molecular complexity index is 650. The van der Waals surface area contributed by atoms with Crippen LogP contribution in [0.15, 0.2) is 54.6 Å². The summed E-state index contributed by atoms with van der Waals surface area (Å²) in [6.07, 6.45) is 0. The van der Waals surface area contributed by atoms with Crippen molar-refractivity contribution < 1.29 is 9.53 Å². The number of methoxy groups -OCH3 is 1. The number of carbonyl (C=O) groups is 1. The maximum atomic E-state index is 12.3. The van der Waals surface area contributed by atoms with Crippen LogP contribution < -0.4 is 10.1 Å². The van der Waals surface area contributed by atoms with Crippen molar-refractivity contribution in [3.8, 4) is 5.75 Å². The summed E-state index contributed by atoms with van der Waals surface area (Å²) in [6, 6.07) is 17.7. The van der Waals surface area contributed by atoms with Crippen LogP contribution in [0, 0.1) is 0 Å². The SMILES string of the molecule is COc1ccc(CN2CCN(C(=O)Nc3ccccc3)CC2)cc1. The molecule has 0 spiro atoms. The molecular weight excluding hydrogens is 302 g/mol. The van der Waals surface area contributed by atoms with E-state index in [2.05, 4.69) is 22.3 Å². The summed E-state index contributed by atoms with van der Waals surface area (Å²) in [6.45, 7) is 4.16.